The van der Waals surface area contributed by atoms with Gasteiger partial charge in [-0.25, -0.2) is 0 Å². The molecule has 1 saturated carbocycles. The van der Waals surface area contributed by atoms with E-state index in [2.05, 4.69) is 25.7 Å². The van der Waals surface area contributed by atoms with Crippen molar-refractivity contribution in [3.63, 3.8) is 0 Å². The molecule has 2 N–H and O–H groups in total. The van der Waals surface area contributed by atoms with Gasteiger partial charge in [0.05, 0.1) is 0 Å². The maximum Gasteiger partial charge on any atom is 0.272 e. The van der Waals surface area contributed by atoms with Gasteiger partial charge in [0.15, 0.2) is 11.5 Å². The minimum atomic E-state index is -0.819. The first kappa shape index (κ1) is 17.6. The summed E-state index contributed by atoms with van der Waals surface area (Å²) >= 11 is 0. The first-order valence-electron chi connectivity index (χ1n) is 9.34. The molecule has 2 aliphatic rings. The summed E-state index contributed by atoms with van der Waals surface area (Å²) in [6.45, 7) is 4.42. The number of hydrogen-bond acceptors (Lipinski definition) is 5. The number of aromatic nitrogens is 2. The van der Waals surface area contributed by atoms with Gasteiger partial charge in [0, 0.05) is 19.6 Å². The summed E-state index contributed by atoms with van der Waals surface area (Å²) in [5.74, 6) is 0.392. The Morgan fingerprint density at radius 1 is 1.08 bits per heavy atom. The van der Waals surface area contributed by atoms with Crippen LogP contribution in [0, 0.1) is 0 Å². The van der Waals surface area contributed by atoms with E-state index in [0.717, 1.165) is 38.2 Å². The van der Waals surface area contributed by atoms with Crippen LogP contribution in [0.1, 0.15) is 62.4 Å². The van der Waals surface area contributed by atoms with E-state index in [-0.39, 0.29) is 17.5 Å². The van der Waals surface area contributed by atoms with Gasteiger partial charge in [0.25, 0.3) is 5.91 Å². The Morgan fingerprint density at radius 3 is 2.40 bits per heavy atom. The van der Waals surface area contributed by atoms with Crippen molar-refractivity contribution in [3.05, 3.63) is 17.8 Å². The molecule has 2 heterocycles. The van der Waals surface area contributed by atoms with Gasteiger partial charge in [-0.15, -0.1) is 10.2 Å². The molecule has 7 nitrogen and oxygen atoms in total. The molecule has 1 aliphatic heterocycles. The van der Waals surface area contributed by atoms with Crippen LogP contribution in [0.3, 0.4) is 0 Å². The topological polar surface area (TPSA) is 87.2 Å². The zero-order valence-corrected chi connectivity index (χ0v) is 14.9. The summed E-state index contributed by atoms with van der Waals surface area (Å²) in [5.41, 5.74) is -0.558. The molecule has 25 heavy (non-hydrogen) atoms. The lowest BCUT2D eigenvalue weighted by Gasteiger charge is -2.36. The van der Waals surface area contributed by atoms with Crippen LogP contribution in [0.2, 0.25) is 0 Å². The zero-order valence-electron chi connectivity index (χ0n) is 14.9. The molecular weight excluding hydrogens is 318 g/mol. The number of carbonyl (C=O) groups is 2. The number of hydrogen-bond donors (Lipinski definition) is 2. The van der Waals surface area contributed by atoms with Crippen molar-refractivity contribution in [1.82, 2.24) is 20.8 Å². The van der Waals surface area contributed by atoms with Crippen LogP contribution in [0.5, 0.6) is 0 Å². The molecule has 0 spiro atoms. The van der Waals surface area contributed by atoms with E-state index in [1.165, 1.54) is 12.8 Å². The predicted molar refractivity (Wildman–Crippen MR) is 95.4 cm³/mol. The molecule has 0 radical (unpaired) electrons. The van der Waals surface area contributed by atoms with Crippen molar-refractivity contribution in [2.45, 2.75) is 57.4 Å². The van der Waals surface area contributed by atoms with E-state index in [9.17, 15) is 9.59 Å². The van der Waals surface area contributed by atoms with Crippen molar-refractivity contribution in [3.8, 4) is 0 Å². The Morgan fingerprint density at radius 2 is 1.80 bits per heavy atom. The van der Waals surface area contributed by atoms with E-state index < -0.39 is 5.54 Å². The standard InChI is InChI=1S/C18H27N5O2/c1-2-19-17(25)18(10-4-3-5-11-18)20-16(24)14-8-9-15(22-21-14)23-12-6-7-13-23/h8-9H,2-7,10-13H2,1H3,(H,19,25)(H,20,24). The highest BCUT2D eigenvalue weighted by atomic mass is 16.2. The molecular formula is C18H27N5O2. The van der Waals surface area contributed by atoms with Crippen LogP contribution in [-0.4, -0.2) is 47.2 Å². The number of nitrogens with one attached hydrogen (secondary N) is 2. The van der Waals surface area contributed by atoms with Gasteiger partial charge in [-0.3, -0.25) is 9.59 Å². The molecule has 2 fully saturated rings. The van der Waals surface area contributed by atoms with Gasteiger partial charge in [-0.1, -0.05) is 19.3 Å². The molecule has 1 aromatic rings. The van der Waals surface area contributed by atoms with Crippen molar-refractivity contribution >= 4 is 17.6 Å². The summed E-state index contributed by atoms with van der Waals surface area (Å²) in [5, 5.41) is 14.1. The highest BCUT2D eigenvalue weighted by Gasteiger charge is 2.40. The number of nitrogens with zero attached hydrogens (tertiary/aromatic N) is 3. The highest BCUT2D eigenvalue weighted by Crippen LogP contribution is 2.29. The third-order valence-corrected chi connectivity index (χ3v) is 5.15. The number of anilines is 1. The Hall–Kier alpha value is -2.18. The number of likely N-dealkylation sites (N-methyl/N-ethyl adjacent to an activating group) is 1. The third-order valence-electron chi connectivity index (χ3n) is 5.15. The lowest BCUT2D eigenvalue weighted by Crippen LogP contribution is -2.59. The maximum atomic E-state index is 12.7. The SMILES string of the molecule is CCNC(=O)C1(NC(=O)c2ccc(N3CCCC3)nn2)CCCCC1. The van der Waals surface area contributed by atoms with Gasteiger partial charge in [-0.2, -0.15) is 0 Å². The van der Waals surface area contributed by atoms with Crippen LogP contribution in [-0.2, 0) is 4.79 Å². The Balaban J connectivity index is 1.71. The lowest BCUT2D eigenvalue weighted by molar-refractivity contribution is -0.128. The van der Waals surface area contributed by atoms with Crippen molar-refractivity contribution in [2.75, 3.05) is 24.5 Å². The number of amides is 2. The predicted octanol–water partition coefficient (Wildman–Crippen LogP) is 1.65. The normalized spacial score (nSPS) is 19.5. The molecule has 7 heteroatoms. The minimum Gasteiger partial charge on any atom is -0.355 e. The first-order valence-corrected chi connectivity index (χ1v) is 9.34. The fourth-order valence-electron chi connectivity index (χ4n) is 3.74. The van der Waals surface area contributed by atoms with Gasteiger partial charge < -0.3 is 15.5 Å². The molecule has 0 atom stereocenters. The van der Waals surface area contributed by atoms with Crippen LogP contribution in [0.15, 0.2) is 12.1 Å². The monoisotopic (exact) mass is 345 g/mol. The van der Waals surface area contributed by atoms with E-state index in [1.54, 1.807) is 6.07 Å². The lowest BCUT2D eigenvalue weighted by atomic mass is 9.80. The average Bonchev–Trinajstić information content (AvgIpc) is 3.17. The molecule has 1 aromatic heterocycles. The van der Waals surface area contributed by atoms with Gasteiger partial charge >= 0.3 is 0 Å². The summed E-state index contributed by atoms with van der Waals surface area (Å²) in [6, 6.07) is 3.54. The van der Waals surface area contributed by atoms with Crippen LogP contribution in [0.4, 0.5) is 5.82 Å². The smallest absolute Gasteiger partial charge is 0.272 e. The van der Waals surface area contributed by atoms with E-state index in [0.29, 0.717) is 19.4 Å². The Kier molecular flexibility index (Phi) is 5.50. The fourth-order valence-corrected chi connectivity index (χ4v) is 3.74. The second-order valence-corrected chi connectivity index (χ2v) is 6.93. The molecule has 0 unspecified atom stereocenters. The van der Waals surface area contributed by atoms with E-state index in [1.807, 2.05) is 13.0 Å². The third kappa shape index (κ3) is 3.91. The second kappa shape index (κ2) is 7.80. The average molecular weight is 345 g/mol. The first-order chi connectivity index (χ1) is 12.1. The Labute approximate surface area is 148 Å². The molecule has 2 amide bonds. The quantitative estimate of drug-likeness (QED) is 0.847. The molecule has 3 rings (SSSR count). The largest absolute Gasteiger partial charge is 0.355 e. The second-order valence-electron chi connectivity index (χ2n) is 6.93. The zero-order chi connectivity index (χ0) is 17.7. The van der Waals surface area contributed by atoms with Crippen LogP contribution >= 0.6 is 0 Å². The minimum absolute atomic E-state index is 0.0929. The maximum absolute atomic E-state index is 12.7. The van der Waals surface area contributed by atoms with E-state index >= 15 is 0 Å². The van der Waals surface area contributed by atoms with Gasteiger partial charge in [0.2, 0.25) is 5.91 Å². The number of carbonyl (C=O) groups excluding carboxylic acids is 2. The van der Waals surface area contributed by atoms with Crippen molar-refractivity contribution in [2.24, 2.45) is 0 Å². The van der Waals surface area contributed by atoms with Crippen molar-refractivity contribution in [1.29, 1.82) is 0 Å². The van der Waals surface area contributed by atoms with Crippen molar-refractivity contribution < 1.29 is 9.59 Å². The number of rotatable bonds is 5. The molecule has 0 aromatic carbocycles. The summed E-state index contributed by atoms with van der Waals surface area (Å²) in [7, 11) is 0. The van der Waals surface area contributed by atoms with E-state index in [4.69, 9.17) is 0 Å². The molecule has 1 saturated heterocycles. The molecule has 0 bridgehead atoms. The fraction of sp³-hybridized carbons (Fsp3) is 0.667. The highest BCUT2D eigenvalue weighted by molar-refractivity contribution is 5.98. The summed E-state index contributed by atoms with van der Waals surface area (Å²) in [6.07, 6.45) is 6.65. The summed E-state index contributed by atoms with van der Waals surface area (Å²) < 4.78 is 0. The van der Waals surface area contributed by atoms with Gasteiger partial charge in [-0.05, 0) is 44.7 Å². The van der Waals surface area contributed by atoms with Gasteiger partial charge in [0.1, 0.15) is 5.54 Å². The molecule has 1 aliphatic carbocycles. The molecule has 136 valence electrons. The Bertz CT molecular complexity index is 604. The van der Waals surface area contributed by atoms with Crippen LogP contribution < -0.4 is 15.5 Å². The van der Waals surface area contributed by atoms with Crippen LogP contribution in [0.25, 0.3) is 0 Å². The summed E-state index contributed by atoms with van der Waals surface area (Å²) in [4.78, 5) is 27.4.